The second kappa shape index (κ2) is 15.2. The summed E-state index contributed by atoms with van der Waals surface area (Å²) in [7, 11) is -6.16. The van der Waals surface area contributed by atoms with E-state index in [1.54, 1.807) is 57.2 Å². The Kier molecular flexibility index (Phi) is 11.4. The number of nitrogens with one attached hydrogen (secondary N) is 3. The summed E-state index contributed by atoms with van der Waals surface area (Å²) >= 11 is 1.16. The van der Waals surface area contributed by atoms with Gasteiger partial charge in [-0.15, -0.1) is 11.3 Å². The van der Waals surface area contributed by atoms with Gasteiger partial charge in [-0.3, -0.25) is 14.3 Å². The number of methoxy groups -OCH3 is 1. The fraction of sp³-hybridized carbons (Fsp3) is 0.378. The Balaban J connectivity index is 1.30. The quantitative estimate of drug-likeness (QED) is 0.175. The molecule has 1 aliphatic heterocycles. The minimum atomic E-state index is -3.88. The molecule has 0 unspecified atom stereocenters. The van der Waals surface area contributed by atoms with E-state index in [-0.39, 0.29) is 59.2 Å². The number of rotatable bonds is 9. The van der Waals surface area contributed by atoms with Crippen LogP contribution < -0.4 is 20.1 Å². The van der Waals surface area contributed by atoms with E-state index in [9.17, 15) is 31.2 Å². The molecule has 3 amide bonds. The number of thiophene rings is 1. The number of carbonyl (C=O) groups is 3. The van der Waals surface area contributed by atoms with Crippen LogP contribution in [-0.4, -0.2) is 89.1 Å². The van der Waals surface area contributed by atoms with Crippen molar-refractivity contribution in [2.45, 2.75) is 57.5 Å². The van der Waals surface area contributed by atoms with Gasteiger partial charge in [-0.25, -0.2) is 21.6 Å². The largest absolute Gasteiger partial charge is 0.492 e. The lowest BCUT2D eigenvalue weighted by Gasteiger charge is -2.35. The summed E-state index contributed by atoms with van der Waals surface area (Å²) in [4.78, 5) is 41.2. The smallest absolute Gasteiger partial charge is 0.410 e. The highest BCUT2D eigenvalue weighted by Crippen LogP contribution is 2.40. The molecule has 5 rings (SSSR count). The van der Waals surface area contributed by atoms with Crippen LogP contribution in [0.2, 0.25) is 0 Å². The first-order valence-electron chi connectivity index (χ1n) is 17.0. The Labute approximate surface area is 319 Å². The Morgan fingerprint density at radius 2 is 1.39 bits per heavy atom. The summed E-state index contributed by atoms with van der Waals surface area (Å²) < 4.78 is 66.4. The maximum atomic E-state index is 13.6. The number of sulfonamides is 2. The first-order valence-corrected chi connectivity index (χ1v) is 21.1. The first kappa shape index (κ1) is 40.5. The summed E-state index contributed by atoms with van der Waals surface area (Å²) in [6, 6.07) is 16.0. The zero-order valence-corrected chi connectivity index (χ0v) is 33.8. The first-order chi connectivity index (χ1) is 25.1. The molecule has 3 aromatic carbocycles. The fourth-order valence-electron chi connectivity index (χ4n) is 5.67. The summed E-state index contributed by atoms with van der Waals surface area (Å²) in [6.45, 7) is 11.8. The van der Waals surface area contributed by atoms with Crippen molar-refractivity contribution in [1.29, 1.82) is 0 Å². The number of ether oxygens (including phenoxy) is 2. The Hall–Kier alpha value is -4.71. The second-order valence-electron chi connectivity index (χ2n) is 14.9. The van der Waals surface area contributed by atoms with Gasteiger partial charge in [0.25, 0.3) is 11.8 Å². The zero-order chi connectivity index (χ0) is 39.8. The van der Waals surface area contributed by atoms with Crippen molar-refractivity contribution in [3.8, 4) is 5.75 Å². The lowest BCUT2D eigenvalue weighted by atomic mass is 9.86. The van der Waals surface area contributed by atoms with Gasteiger partial charge in [-0.1, -0.05) is 32.9 Å². The van der Waals surface area contributed by atoms with E-state index in [0.29, 0.717) is 20.7 Å². The average Bonchev–Trinajstić information content (AvgIpc) is 3.52. The molecule has 1 fully saturated rings. The van der Waals surface area contributed by atoms with E-state index < -0.39 is 43.6 Å². The molecule has 0 atom stereocenters. The van der Waals surface area contributed by atoms with Crippen LogP contribution in [0.5, 0.6) is 5.75 Å². The minimum Gasteiger partial charge on any atom is -0.492 e. The maximum absolute atomic E-state index is 13.6. The number of hydrogen-bond donors (Lipinski definition) is 3. The van der Waals surface area contributed by atoms with E-state index in [0.717, 1.165) is 23.2 Å². The molecule has 1 aromatic heterocycles. The van der Waals surface area contributed by atoms with Crippen molar-refractivity contribution < 1.29 is 40.7 Å². The van der Waals surface area contributed by atoms with Crippen LogP contribution in [0.15, 0.2) is 65.6 Å². The summed E-state index contributed by atoms with van der Waals surface area (Å²) in [5.74, 6) is -0.798. The number of anilines is 3. The van der Waals surface area contributed by atoms with Gasteiger partial charge >= 0.3 is 6.09 Å². The van der Waals surface area contributed by atoms with Gasteiger partial charge < -0.3 is 25.0 Å². The van der Waals surface area contributed by atoms with Crippen LogP contribution in [0.3, 0.4) is 0 Å². The number of carbonyl (C=O) groups excluding carboxylic acids is 3. The predicted molar refractivity (Wildman–Crippen MR) is 211 cm³/mol. The molecule has 0 radical (unpaired) electrons. The Morgan fingerprint density at radius 3 is 1.96 bits per heavy atom. The van der Waals surface area contributed by atoms with Gasteiger partial charge in [0.05, 0.1) is 44.9 Å². The second-order valence-corrected chi connectivity index (χ2v) is 19.6. The molecular formula is C37H45N5O9S3. The molecular weight excluding hydrogens is 755 g/mol. The van der Waals surface area contributed by atoms with Crippen molar-refractivity contribution in [1.82, 2.24) is 9.21 Å². The molecule has 2 heterocycles. The SMILES string of the molecule is COc1c(NC(=O)c2cc3cccc(NC(=O)c4ccc(S(=O)(=O)N5CCN(C(=O)OC(C)(C)C)CC5)cc4)c3s2)cc(C(C)(C)C)cc1NS(C)(=O)=O. The lowest BCUT2D eigenvalue weighted by Crippen LogP contribution is -2.51. The van der Waals surface area contributed by atoms with Crippen LogP contribution in [0.25, 0.3) is 10.1 Å². The molecule has 54 heavy (non-hydrogen) atoms. The number of hydrogen-bond acceptors (Lipinski definition) is 10. The highest BCUT2D eigenvalue weighted by atomic mass is 32.2. The van der Waals surface area contributed by atoms with Crippen LogP contribution in [-0.2, 0) is 30.2 Å². The maximum Gasteiger partial charge on any atom is 0.410 e. The van der Waals surface area contributed by atoms with Crippen LogP contribution in [0.1, 0.15) is 67.1 Å². The number of fused-ring (bicyclic) bond motifs is 1. The molecule has 3 N–H and O–H groups in total. The van der Waals surface area contributed by atoms with Crippen molar-refractivity contribution in [3.63, 3.8) is 0 Å². The van der Waals surface area contributed by atoms with Gasteiger partial charge in [0, 0.05) is 31.7 Å². The van der Waals surface area contributed by atoms with Crippen molar-refractivity contribution >= 4 is 76.4 Å². The van der Waals surface area contributed by atoms with Gasteiger partial charge in [0.1, 0.15) is 5.60 Å². The third-order valence-electron chi connectivity index (χ3n) is 8.36. The molecule has 0 spiro atoms. The molecule has 14 nitrogen and oxygen atoms in total. The molecule has 0 aliphatic carbocycles. The fourth-order valence-corrected chi connectivity index (χ4v) is 8.66. The minimum absolute atomic E-state index is 0.0182. The van der Waals surface area contributed by atoms with Crippen LogP contribution >= 0.6 is 11.3 Å². The van der Waals surface area contributed by atoms with E-state index in [1.807, 2.05) is 20.8 Å². The van der Waals surface area contributed by atoms with Gasteiger partial charge in [0.2, 0.25) is 20.0 Å². The Morgan fingerprint density at radius 1 is 0.778 bits per heavy atom. The highest BCUT2D eigenvalue weighted by molar-refractivity contribution is 7.92. The summed E-state index contributed by atoms with van der Waals surface area (Å²) in [5, 5.41) is 6.44. The molecule has 17 heteroatoms. The van der Waals surface area contributed by atoms with Crippen molar-refractivity contribution in [3.05, 3.63) is 76.7 Å². The van der Waals surface area contributed by atoms with Gasteiger partial charge in [0.15, 0.2) is 5.75 Å². The summed E-state index contributed by atoms with van der Waals surface area (Å²) in [6.07, 6.45) is 0.539. The van der Waals surface area contributed by atoms with Crippen molar-refractivity contribution in [2.75, 3.05) is 54.9 Å². The lowest BCUT2D eigenvalue weighted by molar-refractivity contribution is 0.0192. The summed E-state index contributed by atoms with van der Waals surface area (Å²) in [5.41, 5.74) is 0.850. The molecule has 1 saturated heterocycles. The van der Waals surface area contributed by atoms with E-state index >= 15 is 0 Å². The zero-order valence-electron chi connectivity index (χ0n) is 31.4. The van der Waals surface area contributed by atoms with Gasteiger partial charge in [-0.05, 0) is 85.7 Å². The topological polar surface area (TPSA) is 181 Å². The molecule has 290 valence electrons. The number of nitrogens with zero attached hydrogens (tertiary/aromatic N) is 2. The number of piperazine rings is 1. The molecule has 0 saturated carbocycles. The Bertz CT molecular complexity index is 2300. The highest BCUT2D eigenvalue weighted by Gasteiger charge is 2.32. The van der Waals surface area contributed by atoms with E-state index in [4.69, 9.17) is 9.47 Å². The monoisotopic (exact) mass is 799 g/mol. The number of benzene rings is 3. The number of amides is 3. The van der Waals surface area contributed by atoms with E-state index in [1.165, 1.54) is 40.6 Å². The van der Waals surface area contributed by atoms with Crippen LogP contribution in [0, 0.1) is 0 Å². The molecule has 1 aliphatic rings. The van der Waals surface area contributed by atoms with Gasteiger partial charge in [-0.2, -0.15) is 4.31 Å². The normalized spacial score (nSPS) is 14.4. The van der Waals surface area contributed by atoms with E-state index in [2.05, 4.69) is 15.4 Å². The van der Waals surface area contributed by atoms with Crippen molar-refractivity contribution in [2.24, 2.45) is 0 Å². The molecule has 4 aromatic rings. The molecule has 0 bridgehead atoms. The average molecular weight is 800 g/mol. The van der Waals surface area contributed by atoms with Crippen LogP contribution in [0.4, 0.5) is 21.9 Å². The third-order valence-corrected chi connectivity index (χ3v) is 12.0. The predicted octanol–water partition coefficient (Wildman–Crippen LogP) is 6.32. The standard InChI is InChI=1S/C37H45N5O9S3/c1-36(2,3)25-21-28(31(50-7)29(22-25)40-53(8,46)47)39-34(44)30-20-24-10-9-11-27(32(24)52-30)38-33(43)23-12-14-26(15-13-23)54(48,49)42-18-16-41(17-19-42)35(45)51-37(4,5)6/h9-15,20-22,40H,16-19H2,1-8H3,(H,38,43)(H,39,44). The third kappa shape index (κ3) is 9.50.